The van der Waals surface area contributed by atoms with E-state index in [4.69, 9.17) is 15.1 Å². The first-order valence-electron chi connectivity index (χ1n) is 21.3. The third-order valence-electron chi connectivity index (χ3n) is 14.1. The molecule has 5 heterocycles. The largest absolute Gasteiger partial charge is 0.503 e. The van der Waals surface area contributed by atoms with E-state index >= 15 is 0 Å². The van der Waals surface area contributed by atoms with Crippen molar-refractivity contribution in [3.63, 3.8) is 0 Å². The molecule has 18 heteroatoms. The van der Waals surface area contributed by atoms with E-state index in [1.165, 1.54) is 4.57 Å². The Balaban J connectivity index is 0.747. The number of halogens is 3. The molecule has 2 bridgehead atoms. The lowest BCUT2D eigenvalue weighted by atomic mass is 9.57. The van der Waals surface area contributed by atoms with Gasteiger partial charge in [-0.05, 0) is 85.8 Å². The average Bonchev–Trinajstić information content (AvgIpc) is 3.85. The molecule has 2 aliphatic heterocycles. The molecule has 63 heavy (non-hydrogen) atoms. The number of rotatable bonds is 9. The predicted molar refractivity (Wildman–Crippen MR) is 225 cm³/mol. The lowest BCUT2D eigenvalue weighted by molar-refractivity contribution is -0.135. The van der Waals surface area contributed by atoms with Crippen molar-refractivity contribution in [2.24, 2.45) is 12.5 Å². The van der Waals surface area contributed by atoms with E-state index in [1.54, 1.807) is 11.6 Å². The highest BCUT2D eigenvalue weighted by molar-refractivity contribution is 6.00. The molecule has 0 radical (unpaired) electrons. The monoisotopic (exact) mass is 862 g/mol. The van der Waals surface area contributed by atoms with Gasteiger partial charge in [0.1, 0.15) is 6.04 Å². The first-order valence-corrected chi connectivity index (χ1v) is 21.3. The minimum absolute atomic E-state index is 0.172. The maximum Gasteiger partial charge on any atom is 0.329 e. The van der Waals surface area contributed by atoms with Crippen molar-refractivity contribution in [2.45, 2.75) is 69.5 Å². The number of carbonyl (C=O) groups excluding carboxylic acids is 3. The Hall–Kier alpha value is -6.56. The summed E-state index contributed by atoms with van der Waals surface area (Å²) in [6.07, 6.45) is 11.2. The second-order valence-corrected chi connectivity index (χ2v) is 17.7. The predicted octanol–water partition coefficient (Wildman–Crippen LogP) is 5.05. The Kier molecular flexibility index (Phi) is 9.87. The van der Waals surface area contributed by atoms with Crippen molar-refractivity contribution >= 4 is 45.6 Å². The van der Waals surface area contributed by atoms with Crippen LogP contribution in [0.1, 0.15) is 73.3 Å². The van der Waals surface area contributed by atoms with Gasteiger partial charge in [0.15, 0.2) is 17.4 Å². The summed E-state index contributed by atoms with van der Waals surface area (Å²) in [4.78, 5) is 64.2. The number of fused-ring (bicyclic) bond motifs is 5. The summed E-state index contributed by atoms with van der Waals surface area (Å²) in [5.74, 6) is -7.23. The number of piperazine rings is 1. The van der Waals surface area contributed by atoms with Gasteiger partial charge < -0.3 is 15.3 Å². The Labute approximate surface area is 358 Å². The molecule has 6 aromatic rings. The van der Waals surface area contributed by atoms with Crippen LogP contribution >= 0.6 is 0 Å². The number of nitrogens with one attached hydrogen (secondary N) is 2. The number of imidazole rings is 1. The number of aryl methyl sites for hydroxylation is 1. The summed E-state index contributed by atoms with van der Waals surface area (Å²) < 4.78 is 47.2. The smallest absolute Gasteiger partial charge is 0.329 e. The number of hydrogen-bond donors (Lipinski definition) is 3. The van der Waals surface area contributed by atoms with Gasteiger partial charge in [-0.3, -0.25) is 38.4 Å². The Morgan fingerprint density at radius 1 is 0.889 bits per heavy atom. The van der Waals surface area contributed by atoms with Crippen LogP contribution in [0.15, 0.2) is 65.8 Å². The molecule has 3 N–H and O–H groups in total. The number of nitrogens with zero attached hydrogens (tertiary/aromatic N) is 8. The third-order valence-corrected chi connectivity index (χ3v) is 14.1. The van der Waals surface area contributed by atoms with Gasteiger partial charge in [-0.2, -0.15) is 9.49 Å². The van der Waals surface area contributed by atoms with Crippen LogP contribution in [0.2, 0.25) is 0 Å². The minimum Gasteiger partial charge on any atom is -0.503 e. The van der Waals surface area contributed by atoms with Gasteiger partial charge in [-0.15, -0.1) is 0 Å². The number of benzene rings is 3. The van der Waals surface area contributed by atoms with Gasteiger partial charge in [-0.25, -0.2) is 23.5 Å². The van der Waals surface area contributed by atoms with Crippen LogP contribution in [0.5, 0.6) is 5.75 Å². The van der Waals surface area contributed by atoms with Crippen LogP contribution in [0.3, 0.4) is 0 Å². The summed E-state index contributed by atoms with van der Waals surface area (Å²) in [6.45, 7) is 4.03. The number of aromatic hydroxyl groups is 1. The fourth-order valence-electron chi connectivity index (χ4n) is 10.1. The topological polar surface area (TPSA) is 173 Å². The quantitative estimate of drug-likeness (QED) is 0.132. The van der Waals surface area contributed by atoms with Crippen LogP contribution in [-0.4, -0.2) is 89.3 Å². The fourth-order valence-corrected chi connectivity index (χ4v) is 10.1. The van der Waals surface area contributed by atoms with Gasteiger partial charge in [-0.1, -0.05) is 18.2 Å². The summed E-state index contributed by atoms with van der Waals surface area (Å²) in [5.41, 5.74) is 3.71. The third kappa shape index (κ3) is 7.09. The first-order chi connectivity index (χ1) is 30.3. The van der Waals surface area contributed by atoms with Crippen LogP contribution in [-0.2, 0) is 28.7 Å². The number of phenols is 1. The van der Waals surface area contributed by atoms with Crippen LogP contribution in [0.4, 0.5) is 19.1 Å². The molecule has 15 nitrogen and oxygen atoms in total. The maximum absolute atomic E-state index is 14.3. The number of aromatic nitrogens is 6. The van der Waals surface area contributed by atoms with E-state index in [1.807, 2.05) is 36.7 Å². The lowest BCUT2D eigenvalue weighted by Crippen LogP contribution is -2.51. The van der Waals surface area contributed by atoms with Gasteiger partial charge in [0.25, 0.3) is 5.91 Å². The zero-order valence-corrected chi connectivity index (χ0v) is 34.5. The van der Waals surface area contributed by atoms with Gasteiger partial charge in [0.05, 0.1) is 27.7 Å². The van der Waals surface area contributed by atoms with Crippen LogP contribution in [0, 0.1) is 22.9 Å². The molecule has 1 atom stereocenters. The van der Waals surface area contributed by atoms with Gasteiger partial charge in [0, 0.05) is 82.3 Å². The highest BCUT2D eigenvalue weighted by atomic mass is 19.2. The highest BCUT2D eigenvalue weighted by Gasteiger charge is 2.50. The summed E-state index contributed by atoms with van der Waals surface area (Å²) in [7, 11) is 1.70. The van der Waals surface area contributed by atoms with Crippen molar-refractivity contribution in [1.29, 1.82) is 0 Å². The van der Waals surface area contributed by atoms with Crippen LogP contribution < -0.4 is 21.2 Å². The lowest BCUT2D eigenvalue weighted by Gasteiger charge is -2.53. The normalized spacial score (nSPS) is 22.9. The second-order valence-electron chi connectivity index (χ2n) is 17.7. The molecule has 326 valence electrons. The Morgan fingerprint density at radius 2 is 1.62 bits per heavy atom. The average molecular weight is 863 g/mol. The molecule has 0 spiro atoms. The van der Waals surface area contributed by atoms with Crippen molar-refractivity contribution in [3.8, 4) is 16.9 Å². The SMILES string of the molecule is Cn1c(=O)n(C2CCC(=O)NC2=O)c2ccc(CN3CCN(c4ncc(-c5ccc6cn([C@]78CC[C@](CNC(=O)c9cc(F)c(O)c(F)c9F)(CC7)CC8)nc6c5)cn4)CC3)cc21. The van der Waals surface area contributed by atoms with E-state index in [0.717, 1.165) is 97.8 Å². The standard InChI is InChI=1S/C45H45F3N10O5/c1-54-35-18-26(2-5-33(35)58(43(54)63)34-6-7-36(59)52-41(34)62)23-55-14-16-56(17-15-55)42-49-21-29(22-50-42)27-3-4-28-24-57(53-32(28)19-27)45-11-8-44(9-12-45,10-13-45)25-51-40(61)30-20-31(46)39(60)38(48)37(30)47/h2-5,18-22,24,34,60H,6-17,23,25H2,1H3,(H,51,61)(H,52,59,62)/t34?,44-,45+. The maximum atomic E-state index is 14.3. The minimum atomic E-state index is -1.78. The van der Waals surface area contributed by atoms with E-state index in [-0.39, 0.29) is 35.5 Å². The summed E-state index contributed by atoms with van der Waals surface area (Å²) in [5, 5.41) is 20.4. The molecule has 5 aliphatic rings. The Morgan fingerprint density at radius 3 is 2.33 bits per heavy atom. The second kappa shape index (κ2) is 15.4. The van der Waals surface area contributed by atoms with Gasteiger partial charge in [0.2, 0.25) is 23.6 Å². The molecule has 3 aromatic heterocycles. The summed E-state index contributed by atoms with van der Waals surface area (Å²) in [6, 6.07) is 11.8. The zero-order chi connectivity index (χ0) is 43.8. The van der Waals surface area contributed by atoms with E-state index < -0.39 is 46.6 Å². The number of amides is 3. The van der Waals surface area contributed by atoms with Crippen LogP contribution in [0.25, 0.3) is 33.1 Å². The molecule has 3 saturated carbocycles. The number of carbonyl (C=O) groups is 3. The number of piperidine rings is 1. The fraction of sp³-hybridized carbons (Fsp3) is 0.400. The molecular weight excluding hydrogens is 818 g/mol. The first kappa shape index (κ1) is 40.5. The number of imide groups is 1. The summed E-state index contributed by atoms with van der Waals surface area (Å²) >= 11 is 0. The molecule has 2 saturated heterocycles. The van der Waals surface area contributed by atoms with E-state index in [9.17, 15) is 37.5 Å². The van der Waals surface area contributed by atoms with Crippen molar-refractivity contribution in [2.75, 3.05) is 37.6 Å². The number of phenolic OH excluding ortho intramolecular Hbond substituents is 1. The highest BCUT2D eigenvalue weighted by Crippen LogP contribution is 2.55. The molecule has 1 unspecified atom stereocenters. The molecule has 3 aromatic carbocycles. The Bertz CT molecular complexity index is 2880. The van der Waals surface area contributed by atoms with E-state index in [2.05, 4.69) is 43.4 Å². The molecule has 5 fully saturated rings. The molecular formula is C45H45F3N10O5. The van der Waals surface area contributed by atoms with Crippen molar-refractivity contribution in [1.82, 2.24) is 44.4 Å². The van der Waals surface area contributed by atoms with Gasteiger partial charge >= 0.3 is 5.69 Å². The zero-order valence-electron chi connectivity index (χ0n) is 34.5. The van der Waals surface area contributed by atoms with E-state index in [0.29, 0.717) is 30.5 Å². The number of hydrogen-bond acceptors (Lipinski definition) is 10. The molecule has 11 rings (SSSR count). The van der Waals surface area contributed by atoms with Crippen molar-refractivity contribution < 1.29 is 32.7 Å². The molecule has 3 aliphatic carbocycles. The molecule has 3 amide bonds. The van der Waals surface area contributed by atoms with Crippen molar-refractivity contribution in [3.05, 3.63) is 100 Å². The number of anilines is 1.